The molecule has 0 amide bonds. The topological polar surface area (TPSA) is 9.23 Å². The van der Waals surface area contributed by atoms with Crippen molar-refractivity contribution < 1.29 is 4.74 Å². The van der Waals surface area contributed by atoms with Gasteiger partial charge in [-0.2, -0.15) is 0 Å². The van der Waals surface area contributed by atoms with Crippen LogP contribution in [-0.2, 0) is 11.3 Å². The van der Waals surface area contributed by atoms with Crippen LogP contribution < -0.4 is 0 Å². The molecule has 2 rings (SSSR count). The van der Waals surface area contributed by atoms with Gasteiger partial charge in [0, 0.05) is 0 Å². The van der Waals surface area contributed by atoms with Crippen LogP contribution in [0.5, 0.6) is 0 Å². The quantitative estimate of drug-likeness (QED) is 0.728. The normalized spacial score (nSPS) is 26.5. The number of ether oxygens (including phenoxy) is 1. The summed E-state index contributed by atoms with van der Waals surface area (Å²) in [6.45, 7) is 3.11. The summed E-state index contributed by atoms with van der Waals surface area (Å²) < 4.78 is 5.94. The van der Waals surface area contributed by atoms with Crippen molar-refractivity contribution in [1.82, 2.24) is 0 Å². The van der Waals surface area contributed by atoms with Gasteiger partial charge in [0.2, 0.25) is 0 Å². The fourth-order valence-electron chi connectivity index (χ4n) is 2.32. The van der Waals surface area contributed by atoms with Gasteiger partial charge in [0.1, 0.15) is 0 Å². The first-order chi connectivity index (χ1) is 7.34. The van der Waals surface area contributed by atoms with E-state index >= 15 is 0 Å². The summed E-state index contributed by atoms with van der Waals surface area (Å²) in [5.74, 6) is 0.847. The van der Waals surface area contributed by atoms with Gasteiger partial charge < -0.3 is 4.74 Å². The molecule has 1 aromatic carbocycles. The van der Waals surface area contributed by atoms with E-state index in [1.54, 1.807) is 0 Å². The molecule has 0 heterocycles. The van der Waals surface area contributed by atoms with E-state index in [0.29, 0.717) is 6.10 Å². The SMILES string of the molecule is C[C@H]1CCC[C@@H](OCc2ccccc2)C1. The molecule has 0 spiro atoms. The first-order valence-corrected chi connectivity index (χ1v) is 6.00. The molecule has 82 valence electrons. The fraction of sp³-hybridized carbons (Fsp3) is 0.571. The van der Waals surface area contributed by atoms with Gasteiger partial charge in [-0.25, -0.2) is 0 Å². The van der Waals surface area contributed by atoms with Crippen LogP contribution in [0.4, 0.5) is 0 Å². The summed E-state index contributed by atoms with van der Waals surface area (Å²) in [7, 11) is 0. The van der Waals surface area contributed by atoms with Crippen molar-refractivity contribution in [1.29, 1.82) is 0 Å². The Morgan fingerprint density at radius 2 is 2.00 bits per heavy atom. The van der Waals surface area contributed by atoms with Crippen molar-refractivity contribution in [2.45, 2.75) is 45.3 Å². The molecule has 1 nitrogen and oxygen atoms in total. The number of benzene rings is 1. The summed E-state index contributed by atoms with van der Waals surface area (Å²) in [5.41, 5.74) is 1.29. The van der Waals surface area contributed by atoms with E-state index < -0.39 is 0 Å². The van der Waals surface area contributed by atoms with Crippen LogP contribution in [-0.4, -0.2) is 6.10 Å². The average Bonchev–Trinajstić information content (AvgIpc) is 2.28. The zero-order chi connectivity index (χ0) is 10.5. The van der Waals surface area contributed by atoms with Crippen LogP contribution in [0.1, 0.15) is 38.2 Å². The first kappa shape index (κ1) is 10.7. The Hall–Kier alpha value is -0.820. The third-order valence-electron chi connectivity index (χ3n) is 3.22. The van der Waals surface area contributed by atoms with E-state index in [2.05, 4.69) is 31.2 Å². The zero-order valence-electron chi connectivity index (χ0n) is 9.49. The molecule has 0 unspecified atom stereocenters. The third-order valence-corrected chi connectivity index (χ3v) is 3.22. The third kappa shape index (κ3) is 3.35. The Kier molecular flexibility index (Phi) is 3.79. The van der Waals surface area contributed by atoms with E-state index in [4.69, 9.17) is 4.74 Å². The summed E-state index contributed by atoms with van der Waals surface area (Å²) in [6.07, 6.45) is 5.70. The van der Waals surface area contributed by atoms with Crippen molar-refractivity contribution in [2.24, 2.45) is 5.92 Å². The number of hydrogen-bond donors (Lipinski definition) is 0. The molecule has 1 saturated carbocycles. The molecule has 1 fully saturated rings. The highest BCUT2D eigenvalue weighted by Gasteiger charge is 2.18. The molecule has 0 aliphatic heterocycles. The molecular weight excluding hydrogens is 184 g/mol. The van der Waals surface area contributed by atoms with Gasteiger partial charge in [0.15, 0.2) is 0 Å². The van der Waals surface area contributed by atoms with Gasteiger partial charge in [-0.1, -0.05) is 50.1 Å². The Morgan fingerprint density at radius 3 is 2.73 bits per heavy atom. The van der Waals surface area contributed by atoms with Gasteiger partial charge in [-0.3, -0.25) is 0 Å². The Labute approximate surface area is 92.5 Å². The summed E-state index contributed by atoms with van der Waals surface area (Å²) in [4.78, 5) is 0. The maximum Gasteiger partial charge on any atom is 0.0720 e. The fourth-order valence-corrected chi connectivity index (χ4v) is 2.32. The lowest BCUT2D eigenvalue weighted by Gasteiger charge is -2.26. The maximum atomic E-state index is 5.94. The summed E-state index contributed by atoms with van der Waals surface area (Å²) >= 11 is 0. The molecule has 1 heteroatoms. The Morgan fingerprint density at radius 1 is 1.20 bits per heavy atom. The largest absolute Gasteiger partial charge is 0.374 e. The zero-order valence-corrected chi connectivity index (χ0v) is 9.49. The minimum Gasteiger partial charge on any atom is -0.374 e. The molecule has 1 aromatic rings. The van der Waals surface area contributed by atoms with Crippen LogP contribution in [0.15, 0.2) is 30.3 Å². The molecule has 1 aliphatic carbocycles. The molecule has 2 atom stereocenters. The van der Waals surface area contributed by atoms with E-state index in [9.17, 15) is 0 Å². The number of rotatable bonds is 3. The molecule has 0 aromatic heterocycles. The van der Waals surface area contributed by atoms with Gasteiger partial charge in [0.25, 0.3) is 0 Å². The van der Waals surface area contributed by atoms with Crippen molar-refractivity contribution in [3.05, 3.63) is 35.9 Å². The van der Waals surface area contributed by atoms with Crippen molar-refractivity contribution in [3.63, 3.8) is 0 Å². The van der Waals surface area contributed by atoms with Gasteiger partial charge >= 0.3 is 0 Å². The predicted octanol–water partition coefficient (Wildman–Crippen LogP) is 3.78. The summed E-state index contributed by atoms with van der Waals surface area (Å²) in [5, 5.41) is 0. The van der Waals surface area contributed by atoms with Crippen molar-refractivity contribution in [3.8, 4) is 0 Å². The van der Waals surface area contributed by atoms with Crippen LogP contribution in [0.25, 0.3) is 0 Å². The lowest BCUT2D eigenvalue weighted by molar-refractivity contribution is 0.00467. The van der Waals surface area contributed by atoms with Gasteiger partial charge in [-0.15, -0.1) is 0 Å². The predicted molar refractivity (Wildman–Crippen MR) is 62.7 cm³/mol. The van der Waals surface area contributed by atoms with E-state index in [-0.39, 0.29) is 0 Å². The summed E-state index contributed by atoms with van der Waals surface area (Å²) in [6, 6.07) is 10.5. The monoisotopic (exact) mass is 204 g/mol. The Bertz CT molecular complexity index is 281. The molecule has 0 N–H and O–H groups in total. The average molecular weight is 204 g/mol. The standard InChI is InChI=1S/C14H20O/c1-12-6-5-9-14(10-12)15-11-13-7-3-2-4-8-13/h2-4,7-8,12,14H,5-6,9-11H2,1H3/t12-,14+/m0/s1. The molecule has 0 saturated heterocycles. The molecule has 15 heavy (non-hydrogen) atoms. The minimum absolute atomic E-state index is 0.494. The molecular formula is C14H20O. The molecule has 0 bridgehead atoms. The highest BCUT2D eigenvalue weighted by molar-refractivity contribution is 5.13. The highest BCUT2D eigenvalue weighted by atomic mass is 16.5. The smallest absolute Gasteiger partial charge is 0.0720 e. The van der Waals surface area contributed by atoms with Crippen LogP contribution >= 0.6 is 0 Å². The van der Waals surface area contributed by atoms with E-state index in [0.717, 1.165) is 12.5 Å². The van der Waals surface area contributed by atoms with Crippen LogP contribution in [0.2, 0.25) is 0 Å². The highest BCUT2D eigenvalue weighted by Crippen LogP contribution is 2.26. The molecule has 1 aliphatic rings. The second-order valence-corrected chi connectivity index (χ2v) is 4.69. The van der Waals surface area contributed by atoms with Gasteiger partial charge in [-0.05, 0) is 24.3 Å². The second kappa shape index (κ2) is 5.32. The molecule has 0 radical (unpaired) electrons. The van der Waals surface area contributed by atoms with Crippen LogP contribution in [0.3, 0.4) is 0 Å². The van der Waals surface area contributed by atoms with Crippen LogP contribution in [0, 0.1) is 5.92 Å². The minimum atomic E-state index is 0.494. The van der Waals surface area contributed by atoms with E-state index in [1.165, 1.54) is 31.2 Å². The van der Waals surface area contributed by atoms with Crippen molar-refractivity contribution >= 4 is 0 Å². The maximum absolute atomic E-state index is 5.94. The van der Waals surface area contributed by atoms with E-state index in [1.807, 2.05) is 6.07 Å². The van der Waals surface area contributed by atoms with Crippen molar-refractivity contribution in [2.75, 3.05) is 0 Å². The van der Waals surface area contributed by atoms with Gasteiger partial charge in [0.05, 0.1) is 12.7 Å². The second-order valence-electron chi connectivity index (χ2n) is 4.69. The lowest BCUT2D eigenvalue weighted by Crippen LogP contribution is -2.21. The lowest BCUT2D eigenvalue weighted by atomic mass is 9.89. The first-order valence-electron chi connectivity index (χ1n) is 6.00. The number of hydrogen-bond acceptors (Lipinski definition) is 1. The Balaban J connectivity index is 1.78.